The molecule has 0 aliphatic carbocycles. The number of rotatable bonds is 6. The molecule has 108 valence electrons. The summed E-state index contributed by atoms with van der Waals surface area (Å²) in [5, 5.41) is 0. The Bertz CT molecular complexity index is 344. The molecule has 1 aliphatic rings. The number of halogens is 1. The molecule has 1 unspecified atom stereocenters. The number of amides is 1. The van der Waals surface area contributed by atoms with E-state index in [0.29, 0.717) is 18.6 Å². The molecule has 0 radical (unpaired) electrons. The zero-order valence-corrected chi connectivity index (χ0v) is 12.2. The minimum absolute atomic E-state index is 0.0109. The van der Waals surface area contributed by atoms with E-state index >= 15 is 0 Å². The van der Waals surface area contributed by atoms with E-state index in [9.17, 15) is 9.59 Å². The summed E-state index contributed by atoms with van der Waals surface area (Å²) in [5.74, 6) is 0.0167. The highest BCUT2D eigenvalue weighted by Crippen LogP contribution is 2.21. The Morgan fingerprint density at radius 3 is 2.79 bits per heavy atom. The lowest BCUT2D eigenvalue weighted by molar-refractivity contribution is -0.143. The minimum Gasteiger partial charge on any atom is -0.466 e. The second-order valence-corrected chi connectivity index (χ2v) is 5.25. The molecule has 5 heteroatoms. The average Bonchev–Trinajstić information content (AvgIpc) is 2.38. The second kappa shape index (κ2) is 8.20. The van der Waals surface area contributed by atoms with Gasteiger partial charge in [-0.3, -0.25) is 9.59 Å². The van der Waals surface area contributed by atoms with Crippen LogP contribution in [-0.2, 0) is 14.3 Å². The smallest absolute Gasteiger partial charge is 0.306 e. The van der Waals surface area contributed by atoms with Crippen LogP contribution in [0.25, 0.3) is 0 Å². The van der Waals surface area contributed by atoms with Crippen molar-refractivity contribution in [2.45, 2.75) is 45.1 Å². The molecule has 0 aromatic heterocycles. The highest BCUT2D eigenvalue weighted by molar-refractivity contribution is 6.18. The molecular weight excluding hydrogens is 266 g/mol. The number of ether oxygens (including phenoxy) is 1. The summed E-state index contributed by atoms with van der Waals surface area (Å²) >= 11 is 5.46. The molecule has 0 aromatic rings. The number of nitrogens with zero attached hydrogens (tertiary/aromatic N) is 1. The van der Waals surface area contributed by atoms with Crippen molar-refractivity contribution >= 4 is 23.5 Å². The number of hydrogen-bond donors (Lipinski definition) is 0. The van der Waals surface area contributed by atoms with E-state index in [-0.39, 0.29) is 30.2 Å². The first-order valence-electron chi connectivity index (χ1n) is 6.74. The second-order valence-electron chi connectivity index (χ2n) is 4.88. The summed E-state index contributed by atoms with van der Waals surface area (Å²) in [4.78, 5) is 25.1. The van der Waals surface area contributed by atoms with Gasteiger partial charge in [0.2, 0.25) is 5.91 Å². The molecule has 0 bridgehead atoms. The van der Waals surface area contributed by atoms with E-state index in [4.69, 9.17) is 16.3 Å². The van der Waals surface area contributed by atoms with Crippen molar-refractivity contribution in [2.24, 2.45) is 0 Å². The van der Waals surface area contributed by atoms with E-state index in [1.165, 1.54) is 0 Å². The fraction of sp³-hybridized carbons (Fsp3) is 0.714. The molecule has 1 atom stereocenters. The van der Waals surface area contributed by atoms with Gasteiger partial charge in [-0.25, -0.2) is 0 Å². The molecule has 1 heterocycles. The first-order chi connectivity index (χ1) is 9.06. The first kappa shape index (κ1) is 16.0. The third-order valence-electron chi connectivity index (χ3n) is 3.27. The van der Waals surface area contributed by atoms with Crippen LogP contribution < -0.4 is 0 Å². The van der Waals surface area contributed by atoms with Crippen molar-refractivity contribution in [3.8, 4) is 0 Å². The van der Waals surface area contributed by atoms with Crippen LogP contribution >= 0.6 is 11.6 Å². The summed E-state index contributed by atoms with van der Waals surface area (Å²) in [6.45, 7) is 6.55. The lowest BCUT2D eigenvalue weighted by Gasteiger charge is -2.35. The molecule has 1 rings (SSSR count). The first-order valence-corrected chi connectivity index (χ1v) is 7.27. The maximum atomic E-state index is 12.0. The summed E-state index contributed by atoms with van der Waals surface area (Å²) in [7, 11) is 0. The van der Waals surface area contributed by atoms with Crippen LogP contribution in [0.4, 0.5) is 0 Å². The van der Waals surface area contributed by atoms with Crippen LogP contribution in [0.15, 0.2) is 12.2 Å². The number of piperidine rings is 1. The van der Waals surface area contributed by atoms with Crippen molar-refractivity contribution in [3.05, 3.63) is 12.2 Å². The Hall–Kier alpha value is -1.03. The van der Waals surface area contributed by atoms with Crippen molar-refractivity contribution in [3.63, 3.8) is 0 Å². The van der Waals surface area contributed by atoms with Gasteiger partial charge in [-0.2, -0.15) is 0 Å². The van der Waals surface area contributed by atoms with E-state index < -0.39 is 0 Å². The molecule has 4 nitrogen and oxygen atoms in total. The predicted molar refractivity (Wildman–Crippen MR) is 75.1 cm³/mol. The quantitative estimate of drug-likeness (QED) is 0.428. The van der Waals surface area contributed by atoms with Gasteiger partial charge in [0.25, 0.3) is 0 Å². The Morgan fingerprint density at radius 2 is 2.16 bits per heavy atom. The van der Waals surface area contributed by atoms with Gasteiger partial charge < -0.3 is 9.64 Å². The van der Waals surface area contributed by atoms with Gasteiger partial charge in [0, 0.05) is 30.5 Å². The molecule has 0 aromatic carbocycles. The Labute approximate surface area is 119 Å². The van der Waals surface area contributed by atoms with E-state index in [2.05, 4.69) is 6.58 Å². The maximum Gasteiger partial charge on any atom is 0.306 e. The van der Waals surface area contributed by atoms with Gasteiger partial charge in [0.1, 0.15) is 0 Å². The molecule has 19 heavy (non-hydrogen) atoms. The van der Waals surface area contributed by atoms with Crippen LogP contribution in [0, 0.1) is 0 Å². The average molecular weight is 288 g/mol. The zero-order chi connectivity index (χ0) is 14.3. The van der Waals surface area contributed by atoms with Crippen molar-refractivity contribution in [2.75, 3.05) is 19.0 Å². The van der Waals surface area contributed by atoms with E-state index in [0.717, 1.165) is 25.8 Å². The van der Waals surface area contributed by atoms with Crippen LogP contribution in [0.1, 0.15) is 39.0 Å². The minimum atomic E-state index is -0.274. The Balaban J connectivity index is 2.42. The summed E-state index contributed by atoms with van der Waals surface area (Å²) in [6.07, 6.45) is 4.03. The summed E-state index contributed by atoms with van der Waals surface area (Å²) in [6, 6.07) is 0.154. The normalized spacial score (nSPS) is 19.1. The van der Waals surface area contributed by atoms with Crippen molar-refractivity contribution in [1.82, 2.24) is 4.90 Å². The third-order valence-corrected chi connectivity index (χ3v) is 3.45. The van der Waals surface area contributed by atoms with Gasteiger partial charge >= 0.3 is 5.97 Å². The van der Waals surface area contributed by atoms with Crippen LogP contribution in [0.2, 0.25) is 0 Å². The zero-order valence-electron chi connectivity index (χ0n) is 11.5. The number of esters is 1. The lowest BCUT2D eigenvalue weighted by atomic mass is 9.99. The molecule has 1 amide bonds. The third kappa shape index (κ3) is 5.23. The Morgan fingerprint density at radius 1 is 1.42 bits per heavy atom. The van der Waals surface area contributed by atoms with E-state index in [1.54, 1.807) is 6.92 Å². The Kier molecular flexibility index (Phi) is 6.92. The maximum absolute atomic E-state index is 12.0. The molecule has 1 saturated heterocycles. The molecule has 0 N–H and O–H groups in total. The lowest BCUT2D eigenvalue weighted by Crippen LogP contribution is -2.44. The fourth-order valence-corrected chi connectivity index (χ4v) is 2.43. The van der Waals surface area contributed by atoms with Crippen LogP contribution in [0.5, 0.6) is 0 Å². The number of carbonyl (C=O) groups is 2. The van der Waals surface area contributed by atoms with Crippen LogP contribution in [-0.4, -0.2) is 41.8 Å². The monoisotopic (exact) mass is 287 g/mol. The van der Waals surface area contributed by atoms with Gasteiger partial charge in [-0.1, -0.05) is 6.58 Å². The number of carbonyl (C=O) groups excluding carboxylic acids is 2. The molecule has 1 fully saturated rings. The van der Waals surface area contributed by atoms with Gasteiger partial charge in [0.15, 0.2) is 0 Å². The van der Waals surface area contributed by atoms with Crippen LogP contribution in [0.3, 0.4) is 0 Å². The van der Waals surface area contributed by atoms with Crippen molar-refractivity contribution < 1.29 is 14.3 Å². The topological polar surface area (TPSA) is 46.6 Å². The fourth-order valence-electron chi connectivity index (χ4n) is 2.27. The van der Waals surface area contributed by atoms with Gasteiger partial charge in [-0.15, -0.1) is 11.6 Å². The molecule has 0 spiro atoms. The highest BCUT2D eigenvalue weighted by Gasteiger charge is 2.26. The van der Waals surface area contributed by atoms with Gasteiger partial charge in [-0.05, 0) is 26.2 Å². The SMILES string of the molecule is C=C(C)C(=O)N1CCCCC1CCOC(=O)CCCl. The molecule has 0 saturated carbocycles. The highest BCUT2D eigenvalue weighted by atomic mass is 35.5. The summed E-state index contributed by atoms with van der Waals surface area (Å²) < 4.78 is 5.09. The number of hydrogen-bond acceptors (Lipinski definition) is 3. The standard InChI is InChI=1S/C14H22ClNO3/c1-11(2)14(18)16-9-4-3-5-12(16)7-10-19-13(17)6-8-15/h12H,1,3-10H2,2H3. The molecule has 1 aliphatic heterocycles. The molecular formula is C14H22ClNO3. The van der Waals surface area contributed by atoms with Crippen molar-refractivity contribution in [1.29, 1.82) is 0 Å². The predicted octanol–water partition coefficient (Wildman–Crippen LogP) is 2.51. The largest absolute Gasteiger partial charge is 0.466 e. The van der Waals surface area contributed by atoms with E-state index in [1.807, 2.05) is 4.90 Å². The summed E-state index contributed by atoms with van der Waals surface area (Å²) in [5.41, 5.74) is 0.561. The number of likely N-dealkylation sites (tertiary alicyclic amines) is 1. The number of alkyl halides is 1. The van der Waals surface area contributed by atoms with Gasteiger partial charge in [0.05, 0.1) is 13.0 Å².